The van der Waals surface area contributed by atoms with Crippen LogP contribution in [0.5, 0.6) is 11.5 Å². The number of nitrogens with one attached hydrogen (secondary N) is 2. The maximum atomic E-state index is 13.4. The van der Waals surface area contributed by atoms with Gasteiger partial charge in [-0.15, -0.1) is 20.4 Å². The molecule has 0 aliphatic carbocycles. The van der Waals surface area contributed by atoms with Gasteiger partial charge in [0.2, 0.25) is 0 Å². The molecule has 4 bridgehead atoms. The number of benzene rings is 2. The summed E-state index contributed by atoms with van der Waals surface area (Å²) in [6.45, 7) is 5.47. The molecule has 0 saturated heterocycles. The van der Waals surface area contributed by atoms with Crippen molar-refractivity contribution >= 4 is 74.6 Å². The van der Waals surface area contributed by atoms with Crippen LogP contribution in [-0.4, -0.2) is 117 Å². The van der Waals surface area contributed by atoms with Crippen LogP contribution in [-0.2, 0) is 32.4 Å². The molecule has 2 atom stereocenters. The number of ether oxygens (including phenoxy) is 2. The molecule has 0 spiro atoms. The molecular weight excluding hydrogens is 1260 g/mol. The van der Waals surface area contributed by atoms with Gasteiger partial charge >= 0.3 is 7.12 Å². The second-order valence-corrected chi connectivity index (χ2v) is 21.6. The van der Waals surface area contributed by atoms with Crippen LogP contribution in [0.4, 0.5) is 24.8 Å². The molecule has 2 amide bonds. The number of carbonyl (C=O) groups excluding carboxylic acids is 2. The zero-order valence-corrected chi connectivity index (χ0v) is 49.6. The van der Waals surface area contributed by atoms with Gasteiger partial charge in [0.25, 0.3) is 11.8 Å². The average molecular weight is 1320 g/mol. The largest absolute Gasteiger partial charge is 0.492 e. The predicted molar refractivity (Wildman–Crippen MR) is 325 cm³/mol. The van der Waals surface area contributed by atoms with Crippen molar-refractivity contribution < 1.29 is 42.3 Å². The van der Waals surface area contributed by atoms with Crippen LogP contribution in [0.1, 0.15) is 64.5 Å². The number of fused-ring (bicyclic) bond motifs is 10. The third kappa shape index (κ3) is 17.8. The minimum absolute atomic E-state index is 0.232. The monoisotopic (exact) mass is 1320 g/mol. The highest BCUT2D eigenvalue weighted by atomic mass is 127. The molecule has 11 rings (SSSR count). The number of aromatic nitrogens is 11. The quantitative estimate of drug-likeness (QED) is 0.0817. The molecular formula is C59H59BBrF3IN13O6. The summed E-state index contributed by atoms with van der Waals surface area (Å²) in [6, 6.07) is 32.4. The predicted octanol–water partition coefficient (Wildman–Crippen LogP) is 9.83. The Hall–Kier alpha value is -8.01. The number of aryl methyl sites for hydroxylation is 5. The van der Waals surface area contributed by atoms with E-state index in [4.69, 9.17) is 19.5 Å². The van der Waals surface area contributed by atoms with Crippen LogP contribution in [0.3, 0.4) is 0 Å². The van der Waals surface area contributed by atoms with E-state index in [0.29, 0.717) is 99.7 Å². The highest BCUT2D eigenvalue weighted by Gasteiger charge is 2.21. The summed E-state index contributed by atoms with van der Waals surface area (Å²) >= 11 is 5.43. The Morgan fingerprint density at radius 1 is 0.619 bits per heavy atom. The van der Waals surface area contributed by atoms with E-state index in [9.17, 15) is 22.8 Å². The summed E-state index contributed by atoms with van der Waals surface area (Å²) in [6.07, 6.45) is 10.8. The molecule has 434 valence electrons. The lowest BCUT2D eigenvalue weighted by Gasteiger charge is -2.18. The number of hydrogen-bond donors (Lipinski definition) is 4. The molecule has 9 heterocycles. The fourth-order valence-electron chi connectivity index (χ4n) is 8.35. The number of hydrogen-bond acceptors (Lipinski definition) is 15. The summed E-state index contributed by atoms with van der Waals surface area (Å²) in [7, 11) is -1.50. The first-order valence-electron chi connectivity index (χ1n) is 26.8. The summed E-state index contributed by atoms with van der Waals surface area (Å²) in [5, 5.41) is 39.6. The molecule has 25 heteroatoms. The van der Waals surface area contributed by atoms with Crippen molar-refractivity contribution in [2.45, 2.75) is 59.0 Å². The van der Waals surface area contributed by atoms with Crippen molar-refractivity contribution in [3.63, 3.8) is 0 Å². The lowest BCUT2D eigenvalue weighted by atomic mass is 9.82. The zero-order valence-electron chi connectivity index (χ0n) is 45.8. The van der Waals surface area contributed by atoms with E-state index in [1.807, 2.05) is 75.9 Å². The van der Waals surface area contributed by atoms with Crippen LogP contribution in [0.25, 0.3) is 34.2 Å². The molecule has 19 nitrogen and oxygen atoms in total. The van der Waals surface area contributed by atoms with E-state index < -0.39 is 20.5 Å². The first-order valence-corrected chi connectivity index (χ1v) is 28.7. The number of alkyl halides is 3. The van der Waals surface area contributed by atoms with E-state index in [-0.39, 0.29) is 37.2 Å². The Bertz CT molecular complexity index is 3590. The number of carbonyl (C=O) groups is 2. The Kier molecular flexibility index (Phi) is 22.9. The Morgan fingerprint density at radius 2 is 1.11 bits per heavy atom. The Balaban J connectivity index is 0.000000164. The van der Waals surface area contributed by atoms with E-state index in [1.165, 1.54) is 12.3 Å². The summed E-state index contributed by atoms with van der Waals surface area (Å²) in [5.41, 5.74) is 6.26. The number of anilines is 2. The van der Waals surface area contributed by atoms with E-state index in [0.717, 1.165) is 50.8 Å². The van der Waals surface area contributed by atoms with E-state index in [1.54, 1.807) is 61.4 Å². The highest BCUT2D eigenvalue weighted by molar-refractivity contribution is 14.1. The van der Waals surface area contributed by atoms with Gasteiger partial charge in [0.1, 0.15) is 47.2 Å². The van der Waals surface area contributed by atoms with Gasteiger partial charge < -0.3 is 39.3 Å². The van der Waals surface area contributed by atoms with Crippen LogP contribution < -0.4 is 25.6 Å². The van der Waals surface area contributed by atoms with Gasteiger partial charge in [0, 0.05) is 87.1 Å². The maximum Gasteiger partial charge on any atom is 0.490 e. The van der Waals surface area contributed by atoms with Crippen LogP contribution in [0, 0.1) is 15.4 Å². The van der Waals surface area contributed by atoms with Crippen molar-refractivity contribution in [2.75, 3.05) is 43.9 Å². The molecule has 9 aromatic rings. The minimum atomic E-state index is -1.50. The van der Waals surface area contributed by atoms with E-state index >= 15 is 0 Å². The van der Waals surface area contributed by atoms with Gasteiger partial charge in [-0.25, -0.2) is 9.97 Å². The number of amides is 2. The van der Waals surface area contributed by atoms with Crippen molar-refractivity contribution in [1.29, 1.82) is 0 Å². The normalized spacial score (nSPS) is 14.7. The fourth-order valence-corrected chi connectivity index (χ4v) is 9.08. The van der Waals surface area contributed by atoms with Crippen LogP contribution in [0.15, 0.2) is 145 Å². The van der Waals surface area contributed by atoms with Crippen molar-refractivity contribution in [2.24, 2.45) is 11.8 Å². The molecule has 2 aliphatic heterocycles. The Labute approximate surface area is 505 Å². The van der Waals surface area contributed by atoms with Crippen molar-refractivity contribution in [3.05, 3.63) is 177 Å². The number of halogens is 5. The second-order valence-electron chi connectivity index (χ2n) is 19.5. The molecule has 0 fully saturated rings. The zero-order chi connectivity index (χ0) is 59.4. The fraction of sp³-hybridized carbons (Fsp3) is 0.271. The third-order valence-electron chi connectivity index (χ3n) is 13.0. The first kappa shape index (κ1) is 62.1. The number of pyridine rings is 5. The highest BCUT2D eigenvalue weighted by Crippen LogP contribution is 2.30. The molecule has 0 unspecified atom stereocenters. The lowest BCUT2D eigenvalue weighted by Crippen LogP contribution is -2.30. The third-order valence-corrected chi connectivity index (χ3v) is 14.1. The van der Waals surface area contributed by atoms with Crippen LogP contribution >= 0.6 is 38.5 Å². The van der Waals surface area contributed by atoms with Gasteiger partial charge in [0.15, 0.2) is 11.6 Å². The molecule has 7 aromatic heterocycles. The maximum absolute atomic E-state index is 13.4. The Morgan fingerprint density at radius 3 is 1.58 bits per heavy atom. The molecule has 84 heavy (non-hydrogen) atoms. The molecule has 0 saturated carbocycles. The molecule has 2 aliphatic rings. The smallest absolute Gasteiger partial charge is 0.490 e. The second kappa shape index (κ2) is 31.1. The average Bonchev–Trinajstić information content (AvgIpc) is 4.28. The van der Waals surface area contributed by atoms with Gasteiger partial charge in [-0.2, -0.15) is 0 Å². The summed E-state index contributed by atoms with van der Waals surface area (Å²) < 4.78 is 54.1. The lowest BCUT2D eigenvalue weighted by molar-refractivity contribution is 0.101. The van der Waals surface area contributed by atoms with Crippen LogP contribution in [0.2, 0.25) is 0 Å². The topological polar surface area (TPSA) is 243 Å². The van der Waals surface area contributed by atoms with Crippen molar-refractivity contribution in [3.8, 4) is 45.7 Å². The number of nitrogens with zero attached hydrogens (tertiary/aromatic N) is 11. The van der Waals surface area contributed by atoms with Crippen molar-refractivity contribution in [1.82, 2.24) is 54.4 Å². The summed E-state index contributed by atoms with van der Waals surface area (Å²) in [5.74, 6) is 3.23. The van der Waals surface area contributed by atoms with Gasteiger partial charge in [0.05, 0.1) is 44.4 Å². The SMILES string of the molecule is C[C@@H]1CCn2cnnc2-c2cccc(n2)NC(=O)c2cc(-c3ccc(CCF)nc3)ccc2OC1.C[C@@H]1CCn2cnnc2-c2cccc(n2)NC(=O)c2cc(I)ccc2OC1.FCCc1ccc(Br)cn1.OB(O)c1ccc(CCF)nc1. The molecule has 2 aromatic carbocycles. The summed E-state index contributed by atoms with van der Waals surface area (Å²) in [4.78, 5) is 47.5. The first-order chi connectivity index (χ1) is 40.8. The van der Waals surface area contributed by atoms with Gasteiger partial charge in [-0.1, -0.05) is 44.2 Å². The van der Waals surface area contributed by atoms with Gasteiger partial charge in [-0.05, 0) is 148 Å². The number of rotatable bonds is 8. The molecule has 0 radical (unpaired) electrons. The van der Waals surface area contributed by atoms with E-state index in [2.05, 4.69) is 108 Å². The minimum Gasteiger partial charge on any atom is -0.492 e. The molecule has 4 N–H and O–H groups in total. The standard InChI is InChI=1S/C26H25FN6O2.C19H18IN5O2.C7H9BFNO2.C7H7BrFN/c1-17-10-12-33-16-29-32-25(33)22-3-2-4-24(30-22)31-26(34)21-13-18(6-8-23(21)35-15-17)19-5-7-20(9-11-27)28-14-19;1-12-7-8-25-11-21-24-18(25)15-3-2-4-17(22-15)23-19(26)14-9-13(20)5-6-16(14)27-10-12;9-4-3-7-2-1-6(5-10-7)8(11)12;8-6-1-2-7(3-4-9)10-5-6/h2-8,13-14,16-17H,9-12,15H2,1H3,(H,30,31,34);2-6,9,11-12H,7-8,10H2,1H3,(H,22,23,26);1-2,5,11-12H,3-4H2;1-2,5H,3-4H2/t17-;12-;;/m11../s1. The van der Waals surface area contributed by atoms with Gasteiger partial charge in [-0.3, -0.25) is 37.7 Å².